The minimum Gasteiger partial charge on any atom is -0.377 e. The first-order valence-electron chi connectivity index (χ1n) is 6.46. The van der Waals surface area contributed by atoms with Gasteiger partial charge < -0.3 is 13.8 Å². The quantitative estimate of drug-likeness (QED) is 0.325. The lowest BCUT2D eigenvalue weighted by Gasteiger charge is -2.23. The lowest BCUT2D eigenvalue weighted by Crippen LogP contribution is -2.17. The number of unbranched alkanes of at least 4 members (excludes halogenated alkanes) is 1. The fraction of sp³-hybridized carbons (Fsp3) is 0.833. The normalized spacial score (nSPS) is 13.3. The molecule has 0 saturated heterocycles. The summed E-state index contributed by atoms with van der Waals surface area (Å²) in [7, 11) is -4.46. The molecule has 0 aliphatic heterocycles. The number of alkyl halides is 2. The third-order valence-electron chi connectivity index (χ3n) is 2.14. The summed E-state index contributed by atoms with van der Waals surface area (Å²) in [5.74, 6) is 0. The summed E-state index contributed by atoms with van der Waals surface area (Å²) in [6.45, 7) is 5.34. The summed E-state index contributed by atoms with van der Waals surface area (Å²) < 4.78 is 53.8. The van der Waals surface area contributed by atoms with E-state index in [-0.39, 0.29) is 19.8 Å². The molecule has 0 aliphatic rings. The maximum atomic E-state index is 13.8. The first-order chi connectivity index (χ1) is 8.93. The Morgan fingerprint density at radius 1 is 1.16 bits per heavy atom. The van der Waals surface area contributed by atoms with E-state index in [2.05, 4.69) is 9.05 Å². The zero-order valence-electron chi connectivity index (χ0n) is 11.7. The summed E-state index contributed by atoms with van der Waals surface area (Å²) in [5.41, 5.74) is -3.65. The van der Waals surface area contributed by atoms with E-state index >= 15 is 0 Å². The van der Waals surface area contributed by atoms with Gasteiger partial charge in [-0.25, -0.2) is 0 Å². The molecule has 0 heterocycles. The van der Waals surface area contributed by atoms with Gasteiger partial charge in [0.15, 0.2) is 0 Å². The minimum absolute atomic E-state index is 0.0494. The number of ether oxygens (including phenoxy) is 1. The van der Waals surface area contributed by atoms with E-state index in [4.69, 9.17) is 4.74 Å². The van der Waals surface area contributed by atoms with Crippen molar-refractivity contribution in [2.24, 2.45) is 0 Å². The second kappa shape index (κ2) is 9.59. The smallest absolute Gasteiger partial charge is 0.377 e. The first kappa shape index (κ1) is 18.7. The van der Waals surface area contributed by atoms with Crippen molar-refractivity contribution in [3.8, 4) is 0 Å². The SMILES string of the molecule is CCCCOC/C=C\C(F)(F)P(=O)(OCC)OCC. The molecule has 7 heteroatoms. The van der Waals surface area contributed by atoms with Gasteiger partial charge in [-0.05, 0) is 26.3 Å². The topological polar surface area (TPSA) is 44.8 Å². The number of hydrogen-bond donors (Lipinski definition) is 0. The van der Waals surface area contributed by atoms with Crippen LogP contribution in [0.25, 0.3) is 0 Å². The molecule has 0 rings (SSSR count). The van der Waals surface area contributed by atoms with E-state index in [1.807, 2.05) is 6.92 Å². The van der Waals surface area contributed by atoms with E-state index in [0.29, 0.717) is 12.7 Å². The van der Waals surface area contributed by atoms with E-state index in [9.17, 15) is 13.3 Å². The molecule has 0 aromatic carbocycles. The summed E-state index contributed by atoms with van der Waals surface area (Å²) in [6, 6.07) is 0. The number of hydrogen-bond acceptors (Lipinski definition) is 4. The van der Waals surface area contributed by atoms with E-state index in [1.165, 1.54) is 13.8 Å². The van der Waals surface area contributed by atoms with Crippen LogP contribution >= 0.6 is 7.60 Å². The Labute approximate surface area is 113 Å². The van der Waals surface area contributed by atoms with Crippen molar-refractivity contribution in [2.45, 2.75) is 39.3 Å². The number of halogens is 2. The molecule has 0 aromatic heterocycles. The van der Waals surface area contributed by atoms with Gasteiger partial charge in [0.05, 0.1) is 19.8 Å². The Morgan fingerprint density at radius 3 is 2.21 bits per heavy atom. The standard InChI is InChI=1S/C12H23F2O4P/c1-4-7-10-16-11-8-9-12(13,14)19(15,17-5-2)18-6-3/h8-9H,4-7,10-11H2,1-3H3/b9-8-. The van der Waals surface area contributed by atoms with Gasteiger partial charge >= 0.3 is 13.3 Å². The predicted molar refractivity (Wildman–Crippen MR) is 70.7 cm³/mol. The van der Waals surface area contributed by atoms with Crippen molar-refractivity contribution in [2.75, 3.05) is 26.4 Å². The molecule has 114 valence electrons. The zero-order valence-corrected chi connectivity index (χ0v) is 12.6. The average Bonchev–Trinajstić information content (AvgIpc) is 2.34. The van der Waals surface area contributed by atoms with Crippen molar-refractivity contribution < 1.29 is 27.1 Å². The Bertz CT molecular complexity index is 298. The Hall–Kier alpha value is -0.290. The van der Waals surface area contributed by atoms with Crippen LogP contribution < -0.4 is 0 Å². The maximum absolute atomic E-state index is 13.8. The molecule has 0 unspecified atom stereocenters. The molecule has 0 fully saturated rings. The maximum Gasteiger partial charge on any atom is 0.403 e. The van der Waals surface area contributed by atoms with Crippen molar-refractivity contribution in [3.05, 3.63) is 12.2 Å². The molecule has 0 atom stereocenters. The molecule has 19 heavy (non-hydrogen) atoms. The van der Waals surface area contributed by atoms with Gasteiger partial charge in [0.2, 0.25) is 0 Å². The molecule has 4 nitrogen and oxygen atoms in total. The fourth-order valence-electron chi connectivity index (χ4n) is 1.23. The molecule has 0 amide bonds. The van der Waals surface area contributed by atoms with Crippen LogP contribution in [-0.2, 0) is 18.3 Å². The molecule has 0 saturated carbocycles. The van der Waals surface area contributed by atoms with Gasteiger partial charge in [0.25, 0.3) is 0 Å². The van der Waals surface area contributed by atoms with Crippen molar-refractivity contribution in [1.29, 1.82) is 0 Å². The lowest BCUT2D eigenvalue weighted by atomic mass is 10.4. The van der Waals surface area contributed by atoms with Crippen molar-refractivity contribution >= 4 is 7.60 Å². The van der Waals surface area contributed by atoms with Gasteiger partial charge in [-0.15, -0.1) is 0 Å². The Kier molecular flexibility index (Phi) is 9.44. The highest BCUT2D eigenvalue weighted by molar-refractivity contribution is 7.55. The largest absolute Gasteiger partial charge is 0.403 e. The highest BCUT2D eigenvalue weighted by Crippen LogP contribution is 2.62. The molecule has 0 aromatic rings. The van der Waals surface area contributed by atoms with Crippen LogP contribution in [0.15, 0.2) is 12.2 Å². The van der Waals surface area contributed by atoms with Gasteiger partial charge in [-0.2, -0.15) is 8.78 Å². The van der Waals surface area contributed by atoms with E-state index < -0.39 is 13.3 Å². The van der Waals surface area contributed by atoms with Gasteiger partial charge in [-0.1, -0.05) is 19.4 Å². The van der Waals surface area contributed by atoms with Crippen LogP contribution in [-0.4, -0.2) is 32.1 Å². The molecule has 0 aliphatic carbocycles. The van der Waals surface area contributed by atoms with Crippen LogP contribution in [0.1, 0.15) is 33.6 Å². The van der Waals surface area contributed by atoms with Crippen LogP contribution in [0.3, 0.4) is 0 Å². The third kappa shape index (κ3) is 6.61. The summed E-state index contributed by atoms with van der Waals surface area (Å²) >= 11 is 0. The fourth-order valence-corrected chi connectivity index (χ4v) is 2.61. The highest BCUT2D eigenvalue weighted by atomic mass is 31.2. The Balaban J connectivity index is 4.46. The van der Waals surface area contributed by atoms with Crippen molar-refractivity contribution in [1.82, 2.24) is 0 Å². The lowest BCUT2D eigenvalue weighted by molar-refractivity contribution is 0.0780. The number of allylic oxidation sites excluding steroid dienone is 1. The predicted octanol–water partition coefficient (Wildman–Crippen LogP) is 4.22. The summed E-state index contributed by atoms with van der Waals surface area (Å²) in [6.07, 6.45) is 3.52. The molecule has 0 N–H and O–H groups in total. The zero-order chi connectivity index (χ0) is 14.8. The van der Waals surface area contributed by atoms with Crippen LogP contribution in [0.5, 0.6) is 0 Å². The minimum atomic E-state index is -4.46. The van der Waals surface area contributed by atoms with Crippen LogP contribution in [0.2, 0.25) is 0 Å². The van der Waals surface area contributed by atoms with Gasteiger partial charge in [0.1, 0.15) is 0 Å². The highest BCUT2D eigenvalue weighted by Gasteiger charge is 2.51. The van der Waals surface area contributed by atoms with Gasteiger partial charge in [-0.3, -0.25) is 4.57 Å². The third-order valence-corrected chi connectivity index (χ3v) is 4.21. The second-order valence-electron chi connectivity index (χ2n) is 3.75. The Morgan fingerprint density at radius 2 is 1.74 bits per heavy atom. The van der Waals surface area contributed by atoms with E-state index in [1.54, 1.807) is 0 Å². The van der Waals surface area contributed by atoms with Crippen LogP contribution in [0, 0.1) is 0 Å². The molecule has 0 spiro atoms. The number of rotatable bonds is 11. The summed E-state index contributed by atoms with van der Waals surface area (Å²) in [5, 5.41) is 0. The second-order valence-corrected chi connectivity index (χ2v) is 5.86. The summed E-state index contributed by atoms with van der Waals surface area (Å²) in [4.78, 5) is 0. The molecular formula is C12H23F2O4P. The van der Waals surface area contributed by atoms with Crippen LogP contribution in [0.4, 0.5) is 8.78 Å². The average molecular weight is 300 g/mol. The van der Waals surface area contributed by atoms with Crippen molar-refractivity contribution in [3.63, 3.8) is 0 Å². The monoisotopic (exact) mass is 300 g/mol. The molecule has 0 radical (unpaired) electrons. The first-order valence-corrected chi connectivity index (χ1v) is 8.00. The molecular weight excluding hydrogens is 277 g/mol. The molecule has 0 bridgehead atoms. The van der Waals surface area contributed by atoms with Gasteiger partial charge in [0, 0.05) is 6.61 Å². The van der Waals surface area contributed by atoms with E-state index in [0.717, 1.165) is 18.9 Å².